The summed E-state index contributed by atoms with van der Waals surface area (Å²) in [7, 11) is 1.69. The van der Waals surface area contributed by atoms with Crippen molar-refractivity contribution >= 4 is 0 Å². The van der Waals surface area contributed by atoms with E-state index in [1.165, 1.54) is 0 Å². The fourth-order valence-corrected chi connectivity index (χ4v) is 2.64. The van der Waals surface area contributed by atoms with E-state index < -0.39 is 0 Å². The summed E-state index contributed by atoms with van der Waals surface area (Å²) in [6.07, 6.45) is 2.48. The van der Waals surface area contributed by atoms with E-state index in [2.05, 4.69) is 18.3 Å². The molecule has 0 spiro atoms. The maximum absolute atomic E-state index is 5.60. The molecule has 1 heterocycles. The standard InChI is InChI=1S/C16H25NO3/c1-4-19-15-7-5-6-13(16(15)18-3)11-17-14-8-9-20-12(2)10-14/h5-7,12,14,17H,4,8-11H2,1-3H3. The fraction of sp³-hybridized carbons (Fsp3) is 0.625. The van der Waals surface area contributed by atoms with Gasteiger partial charge in [-0.1, -0.05) is 12.1 Å². The van der Waals surface area contributed by atoms with Crippen LogP contribution in [0.15, 0.2) is 18.2 Å². The molecule has 1 N–H and O–H groups in total. The second-order valence-corrected chi connectivity index (χ2v) is 5.17. The van der Waals surface area contributed by atoms with Gasteiger partial charge in [0.25, 0.3) is 0 Å². The van der Waals surface area contributed by atoms with Gasteiger partial charge >= 0.3 is 0 Å². The lowest BCUT2D eigenvalue weighted by Gasteiger charge is -2.28. The first-order valence-corrected chi connectivity index (χ1v) is 7.38. The molecule has 4 nitrogen and oxygen atoms in total. The maximum atomic E-state index is 5.60. The molecular formula is C16H25NO3. The van der Waals surface area contributed by atoms with Crippen LogP contribution in [0.25, 0.3) is 0 Å². The zero-order chi connectivity index (χ0) is 14.4. The number of para-hydroxylation sites is 1. The van der Waals surface area contributed by atoms with Gasteiger partial charge in [0.2, 0.25) is 0 Å². The van der Waals surface area contributed by atoms with Crippen LogP contribution in [0.5, 0.6) is 11.5 Å². The Morgan fingerprint density at radius 2 is 2.25 bits per heavy atom. The van der Waals surface area contributed by atoms with Crippen molar-refractivity contribution in [1.82, 2.24) is 5.32 Å². The first-order chi connectivity index (χ1) is 9.74. The van der Waals surface area contributed by atoms with E-state index in [-0.39, 0.29) is 0 Å². The fourth-order valence-electron chi connectivity index (χ4n) is 2.64. The normalized spacial score (nSPS) is 22.6. The number of hydrogen-bond acceptors (Lipinski definition) is 4. The van der Waals surface area contributed by atoms with Crippen molar-refractivity contribution in [2.45, 2.75) is 45.4 Å². The highest BCUT2D eigenvalue weighted by Crippen LogP contribution is 2.31. The minimum absolute atomic E-state index is 0.345. The highest BCUT2D eigenvalue weighted by Gasteiger charge is 2.19. The third kappa shape index (κ3) is 3.87. The Kier molecular flexibility index (Phi) is 5.68. The highest BCUT2D eigenvalue weighted by molar-refractivity contribution is 5.46. The molecule has 0 radical (unpaired) electrons. The molecule has 0 aliphatic carbocycles. The molecule has 0 saturated carbocycles. The van der Waals surface area contributed by atoms with Crippen LogP contribution >= 0.6 is 0 Å². The van der Waals surface area contributed by atoms with Crippen LogP contribution < -0.4 is 14.8 Å². The van der Waals surface area contributed by atoms with E-state index >= 15 is 0 Å². The van der Waals surface area contributed by atoms with E-state index in [9.17, 15) is 0 Å². The third-order valence-electron chi connectivity index (χ3n) is 3.63. The molecular weight excluding hydrogens is 254 g/mol. The Labute approximate surface area is 121 Å². The summed E-state index contributed by atoms with van der Waals surface area (Å²) >= 11 is 0. The van der Waals surface area contributed by atoms with Crippen LogP contribution in [-0.2, 0) is 11.3 Å². The van der Waals surface area contributed by atoms with Crippen LogP contribution in [0.4, 0.5) is 0 Å². The van der Waals surface area contributed by atoms with Crippen molar-refractivity contribution in [3.8, 4) is 11.5 Å². The van der Waals surface area contributed by atoms with Gasteiger partial charge in [-0.2, -0.15) is 0 Å². The zero-order valence-corrected chi connectivity index (χ0v) is 12.6. The lowest BCUT2D eigenvalue weighted by atomic mass is 10.0. The summed E-state index contributed by atoms with van der Waals surface area (Å²) in [5, 5.41) is 3.60. The molecule has 1 fully saturated rings. The molecule has 4 heteroatoms. The Hall–Kier alpha value is -1.26. The Bertz CT molecular complexity index is 422. The smallest absolute Gasteiger partial charge is 0.165 e. The van der Waals surface area contributed by atoms with Gasteiger partial charge in [-0.3, -0.25) is 0 Å². The Morgan fingerprint density at radius 1 is 1.40 bits per heavy atom. The minimum atomic E-state index is 0.345. The van der Waals surface area contributed by atoms with Crippen LogP contribution in [0.3, 0.4) is 0 Å². The molecule has 0 aromatic heterocycles. The Balaban J connectivity index is 1.99. The van der Waals surface area contributed by atoms with E-state index in [0.29, 0.717) is 18.8 Å². The molecule has 20 heavy (non-hydrogen) atoms. The number of methoxy groups -OCH3 is 1. The topological polar surface area (TPSA) is 39.7 Å². The summed E-state index contributed by atoms with van der Waals surface area (Å²) in [5.74, 6) is 1.65. The third-order valence-corrected chi connectivity index (χ3v) is 3.63. The lowest BCUT2D eigenvalue weighted by Crippen LogP contribution is -2.37. The molecule has 2 unspecified atom stereocenters. The molecule has 0 bridgehead atoms. The molecule has 1 aromatic carbocycles. The van der Waals surface area contributed by atoms with Gasteiger partial charge in [0.15, 0.2) is 11.5 Å². The first-order valence-electron chi connectivity index (χ1n) is 7.38. The monoisotopic (exact) mass is 279 g/mol. The van der Waals surface area contributed by atoms with E-state index in [4.69, 9.17) is 14.2 Å². The maximum Gasteiger partial charge on any atom is 0.165 e. The second-order valence-electron chi connectivity index (χ2n) is 5.17. The van der Waals surface area contributed by atoms with Crippen molar-refractivity contribution in [3.63, 3.8) is 0 Å². The molecule has 112 valence electrons. The van der Waals surface area contributed by atoms with Gasteiger partial charge in [0.05, 0.1) is 19.8 Å². The first kappa shape index (κ1) is 15.1. The number of ether oxygens (including phenoxy) is 3. The quantitative estimate of drug-likeness (QED) is 0.869. The van der Waals surface area contributed by atoms with Gasteiger partial charge in [-0.05, 0) is 32.8 Å². The van der Waals surface area contributed by atoms with Crippen LogP contribution in [0.1, 0.15) is 32.3 Å². The molecule has 1 aliphatic heterocycles. The zero-order valence-electron chi connectivity index (χ0n) is 12.6. The summed E-state index contributed by atoms with van der Waals surface area (Å²) in [6.45, 7) is 6.39. The summed E-state index contributed by atoms with van der Waals surface area (Å²) in [5.41, 5.74) is 1.14. The van der Waals surface area contributed by atoms with Gasteiger partial charge in [0, 0.05) is 24.8 Å². The van der Waals surface area contributed by atoms with Crippen molar-refractivity contribution in [1.29, 1.82) is 0 Å². The Morgan fingerprint density at radius 3 is 2.95 bits per heavy atom. The average Bonchev–Trinajstić information content (AvgIpc) is 2.45. The summed E-state index contributed by atoms with van der Waals surface area (Å²) in [6, 6.07) is 6.55. The van der Waals surface area contributed by atoms with Crippen molar-refractivity contribution in [2.75, 3.05) is 20.3 Å². The molecule has 2 atom stereocenters. The minimum Gasteiger partial charge on any atom is -0.493 e. The number of hydrogen-bond donors (Lipinski definition) is 1. The SMILES string of the molecule is CCOc1cccc(CNC2CCOC(C)C2)c1OC. The number of rotatable bonds is 6. The molecule has 2 rings (SSSR count). The molecule has 1 aliphatic rings. The second kappa shape index (κ2) is 7.50. The predicted molar refractivity (Wildman–Crippen MR) is 79.4 cm³/mol. The van der Waals surface area contributed by atoms with Crippen molar-refractivity contribution in [3.05, 3.63) is 23.8 Å². The van der Waals surface area contributed by atoms with Gasteiger partial charge in [-0.25, -0.2) is 0 Å². The van der Waals surface area contributed by atoms with Crippen LogP contribution in [-0.4, -0.2) is 32.5 Å². The predicted octanol–water partition coefficient (Wildman–Crippen LogP) is 2.75. The number of nitrogens with one attached hydrogen (secondary N) is 1. The van der Waals surface area contributed by atoms with Crippen molar-refractivity contribution < 1.29 is 14.2 Å². The van der Waals surface area contributed by atoms with Gasteiger partial charge < -0.3 is 19.5 Å². The van der Waals surface area contributed by atoms with Crippen LogP contribution in [0.2, 0.25) is 0 Å². The van der Waals surface area contributed by atoms with Crippen LogP contribution in [0, 0.1) is 0 Å². The molecule has 1 saturated heterocycles. The van der Waals surface area contributed by atoms with Gasteiger partial charge in [0.1, 0.15) is 0 Å². The van der Waals surface area contributed by atoms with E-state index in [1.54, 1.807) is 7.11 Å². The number of benzene rings is 1. The van der Waals surface area contributed by atoms with Gasteiger partial charge in [-0.15, -0.1) is 0 Å². The highest BCUT2D eigenvalue weighted by atomic mass is 16.5. The largest absolute Gasteiger partial charge is 0.493 e. The summed E-state index contributed by atoms with van der Waals surface area (Å²) in [4.78, 5) is 0. The average molecular weight is 279 g/mol. The van der Waals surface area contributed by atoms with Crippen molar-refractivity contribution in [2.24, 2.45) is 0 Å². The lowest BCUT2D eigenvalue weighted by molar-refractivity contribution is 0.0130. The van der Waals surface area contributed by atoms with E-state index in [1.807, 2.05) is 19.1 Å². The summed E-state index contributed by atoms with van der Waals surface area (Å²) < 4.78 is 16.7. The molecule has 0 amide bonds. The molecule has 1 aromatic rings. The van der Waals surface area contributed by atoms with E-state index in [0.717, 1.165) is 43.1 Å².